The monoisotopic (exact) mass is 379 g/mol. The van der Waals surface area contributed by atoms with Crippen LogP contribution in [0.25, 0.3) is 16.8 Å². The molecular weight excluding hydrogens is 366 g/mol. The van der Waals surface area contributed by atoms with E-state index in [-0.39, 0.29) is 41.0 Å². The molecule has 1 fully saturated rings. The first-order chi connectivity index (χ1) is 12.8. The molecule has 0 saturated heterocycles. The van der Waals surface area contributed by atoms with Gasteiger partial charge in [0, 0.05) is 36.1 Å². The smallest absolute Gasteiger partial charge is 0.337 e. The predicted octanol–water partition coefficient (Wildman–Crippen LogP) is 3.66. The molecule has 3 aromatic rings. The van der Waals surface area contributed by atoms with E-state index in [1.54, 1.807) is 0 Å². The van der Waals surface area contributed by atoms with Crippen molar-refractivity contribution in [1.82, 2.24) is 14.6 Å². The van der Waals surface area contributed by atoms with Crippen LogP contribution in [-0.4, -0.2) is 33.6 Å². The van der Waals surface area contributed by atoms with E-state index in [1.165, 1.54) is 35.9 Å². The molecule has 0 aliphatic heterocycles. The molecule has 9 heteroatoms. The lowest BCUT2D eigenvalue weighted by molar-refractivity contribution is 0.0600. The van der Waals surface area contributed by atoms with E-state index >= 15 is 0 Å². The molecule has 27 heavy (non-hydrogen) atoms. The largest absolute Gasteiger partial charge is 0.465 e. The number of pyridine rings is 1. The van der Waals surface area contributed by atoms with Gasteiger partial charge in [-0.3, -0.25) is 4.40 Å². The molecule has 0 amide bonds. The van der Waals surface area contributed by atoms with Crippen LogP contribution >= 0.6 is 0 Å². The van der Waals surface area contributed by atoms with Crippen molar-refractivity contribution in [1.29, 1.82) is 0 Å². The first-order valence-corrected chi connectivity index (χ1v) is 8.10. The summed E-state index contributed by atoms with van der Waals surface area (Å²) in [6.07, 6.45) is 1.17. The van der Waals surface area contributed by atoms with E-state index in [4.69, 9.17) is 0 Å². The Morgan fingerprint density at radius 2 is 2.00 bits per heavy atom. The molecule has 0 bridgehead atoms. The van der Waals surface area contributed by atoms with E-state index in [9.17, 15) is 22.4 Å². The van der Waals surface area contributed by atoms with Crippen molar-refractivity contribution in [2.24, 2.45) is 5.92 Å². The number of halogens is 4. The number of benzene rings is 1. The number of fused-ring (bicyclic) bond motifs is 1. The van der Waals surface area contributed by atoms with Gasteiger partial charge in [-0.25, -0.2) is 22.4 Å². The summed E-state index contributed by atoms with van der Waals surface area (Å²) in [4.78, 5) is 11.5. The molecule has 1 aromatic carbocycles. The third-order valence-corrected chi connectivity index (χ3v) is 4.65. The van der Waals surface area contributed by atoms with Crippen LogP contribution < -0.4 is 0 Å². The molecular formula is C18H13F4N3O2. The maximum absolute atomic E-state index is 14.8. The van der Waals surface area contributed by atoms with Crippen molar-refractivity contribution in [3.8, 4) is 11.1 Å². The van der Waals surface area contributed by atoms with E-state index < -0.39 is 29.4 Å². The minimum absolute atomic E-state index is 0.00429. The zero-order valence-corrected chi connectivity index (χ0v) is 14.0. The van der Waals surface area contributed by atoms with Crippen molar-refractivity contribution in [3.05, 3.63) is 53.5 Å². The molecule has 0 N–H and O–H groups in total. The number of aromatic nitrogens is 3. The Morgan fingerprint density at radius 3 is 2.63 bits per heavy atom. The molecule has 1 unspecified atom stereocenters. The molecule has 5 nitrogen and oxygen atoms in total. The summed E-state index contributed by atoms with van der Waals surface area (Å²) in [7, 11) is 1.17. The number of esters is 1. The summed E-state index contributed by atoms with van der Waals surface area (Å²) in [5, 5.41) is 7.51. The quantitative estimate of drug-likeness (QED) is 0.513. The molecule has 0 spiro atoms. The molecule has 2 heterocycles. The van der Waals surface area contributed by atoms with Gasteiger partial charge >= 0.3 is 5.97 Å². The van der Waals surface area contributed by atoms with Crippen LogP contribution in [-0.2, 0) is 11.2 Å². The second-order valence-corrected chi connectivity index (χ2v) is 6.41. The van der Waals surface area contributed by atoms with Gasteiger partial charge in [-0.05, 0) is 18.2 Å². The van der Waals surface area contributed by atoms with Crippen LogP contribution in [0.2, 0.25) is 0 Å². The first-order valence-electron chi connectivity index (χ1n) is 8.10. The van der Waals surface area contributed by atoms with Crippen LogP contribution in [0.3, 0.4) is 0 Å². The molecule has 1 atom stereocenters. The topological polar surface area (TPSA) is 56.5 Å². The molecule has 1 aliphatic carbocycles. The lowest BCUT2D eigenvalue weighted by Crippen LogP contribution is -2.04. The standard InChI is InChI=1S/C18H13F4N3O2/c1-27-17(26)9-2-3-11(13(19)6-9)12-4-5-25-14(7-10-8-18(10,21)22)23-24-16(25)15(12)20/h2-6,10H,7-8H2,1H3. The number of hydrogen-bond donors (Lipinski definition) is 0. The second-order valence-electron chi connectivity index (χ2n) is 6.41. The van der Waals surface area contributed by atoms with Crippen LogP contribution in [0, 0.1) is 17.6 Å². The van der Waals surface area contributed by atoms with Crippen molar-refractivity contribution in [2.45, 2.75) is 18.8 Å². The van der Waals surface area contributed by atoms with E-state index in [2.05, 4.69) is 14.9 Å². The van der Waals surface area contributed by atoms with Gasteiger partial charge in [0.1, 0.15) is 11.6 Å². The van der Waals surface area contributed by atoms with Crippen molar-refractivity contribution >= 4 is 11.6 Å². The Balaban J connectivity index is 1.71. The van der Waals surface area contributed by atoms with E-state index in [0.29, 0.717) is 0 Å². The summed E-state index contributed by atoms with van der Waals surface area (Å²) in [5.41, 5.74) is -0.327. The Kier molecular flexibility index (Phi) is 3.90. The maximum Gasteiger partial charge on any atom is 0.337 e. The van der Waals surface area contributed by atoms with Crippen molar-refractivity contribution in [2.75, 3.05) is 7.11 Å². The number of ether oxygens (including phenoxy) is 1. The highest BCUT2D eigenvalue weighted by molar-refractivity contribution is 5.90. The number of methoxy groups -OCH3 is 1. The number of carbonyl (C=O) groups is 1. The average Bonchev–Trinajstić information content (AvgIpc) is 3.04. The Hall–Kier alpha value is -2.97. The summed E-state index contributed by atoms with van der Waals surface area (Å²) < 4.78 is 61.2. The third-order valence-electron chi connectivity index (χ3n) is 4.65. The molecule has 1 aliphatic rings. The van der Waals surface area contributed by atoms with Crippen LogP contribution in [0.15, 0.2) is 30.5 Å². The minimum Gasteiger partial charge on any atom is -0.465 e. The number of nitrogens with zero attached hydrogens (tertiary/aromatic N) is 3. The minimum atomic E-state index is -2.71. The number of alkyl halides is 2. The van der Waals surface area contributed by atoms with Crippen molar-refractivity contribution in [3.63, 3.8) is 0 Å². The first kappa shape index (κ1) is 17.4. The Bertz CT molecular complexity index is 1060. The highest BCUT2D eigenvalue weighted by Crippen LogP contribution is 2.50. The fourth-order valence-corrected chi connectivity index (χ4v) is 3.01. The van der Waals surface area contributed by atoms with E-state index in [1.807, 2.05) is 0 Å². The van der Waals surface area contributed by atoms with Crippen LogP contribution in [0.4, 0.5) is 17.6 Å². The van der Waals surface area contributed by atoms with Gasteiger partial charge in [-0.2, -0.15) is 0 Å². The SMILES string of the molecule is COC(=O)c1ccc(-c2ccn3c(CC4CC4(F)F)nnc3c2F)c(F)c1. The summed E-state index contributed by atoms with van der Waals surface area (Å²) in [6.45, 7) is 0. The molecule has 1 saturated carbocycles. The van der Waals surface area contributed by atoms with Gasteiger partial charge in [0.15, 0.2) is 11.5 Å². The lowest BCUT2D eigenvalue weighted by Gasteiger charge is -2.08. The van der Waals surface area contributed by atoms with Gasteiger partial charge in [-0.15, -0.1) is 10.2 Å². The van der Waals surface area contributed by atoms with Gasteiger partial charge in [0.2, 0.25) is 0 Å². The van der Waals surface area contributed by atoms with Gasteiger partial charge in [-0.1, -0.05) is 6.07 Å². The van der Waals surface area contributed by atoms with Gasteiger partial charge in [0.25, 0.3) is 5.92 Å². The second kappa shape index (κ2) is 6.04. The Labute approximate surface area is 150 Å². The molecule has 2 aromatic heterocycles. The highest BCUT2D eigenvalue weighted by Gasteiger charge is 2.56. The molecule has 4 rings (SSSR count). The number of carbonyl (C=O) groups excluding carboxylic acids is 1. The van der Waals surface area contributed by atoms with Gasteiger partial charge < -0.3 is 4.74 Å². The zero-order chi connectivity index (χ0) is 19.3. The lowest BCUT2D eigenvalue weighted by atomic mass is 10.0. The zero-order valence-electron chi connectivity index (χ0n) is 14.0. The fourth-order valence-electron chi connectivity index (χ4n) is 3.01. The number of rotatable bonds is 4. The van der Waals surface area contributed by atoms with Gasteiger partial charge in [0.05, 0.1) is 12.7 Å². The summed E-state index contributed by atoms with van der Waals surface area (Å²) in [6, 6.07) is 4.85. The normalized spacial score (nSPS) is 17.9. The highest BCUT2D eigenvalue weighted by atomic mass is 19.3. The van der Waals surface area contributed by atoms with Crippen LogP contribution in [0.1, 0.15) is 22.6 Å². The van der Waals surface area contributed by atoms with E-state index in [0.717, 1.165) is 6.07 Å². The van der Waals surface area contributed by atoms with Crippen molar-refractivity contribution < 1.29 is 27.1 Å². The summed E-state index contributed by atoms with van der Waals surface area (Å²) in [5.74, 6) is -5.66. The third kappa shape index (κ3) is 2.92. The molecule has 140 valence electrons. The Morgan fingerprint density at radius 1 is 1.26 bits per heavy atom. The van der Waals surface area contributed by atoms with Crippen LogP contribution in [0.5, 0.6) is 0 Å². The predicted molar refractivity (Wildman–Crippen MR) is 86.4 cm³/mol. The number of hydrogen-bond acceptors (Lipinski definition) is 4. The fraction of sp³-hybridized carbons (Fsp3) is 0.278. The summed E-state index contributed by atoms with van der Waals surface area (Å²) >= 11 is 0. The molecule has 0 radical (unpaired) electrons. The average molecular weight is 379 g/mol. The maximum atomic E-state index is 14.8.